The van der Waals surface area contributed by atoms with E-state index in [4.69, 9.17) is 9.26 Å². The van der Waals surface area contributed by atoms with E-state index in [2.05, 4.69) is 26.4 Å². The second kappa shape index (κ2) is 7.31. The summed E-state index contributed by atoms with van der Waals surface area (Å²) in [6.45, 7) is 2.54. The molecule has 0 aliphatic rings. The minimum Gasteiger partial charge on any atom is -0.494 e. The first-order valence-corrected chi connectivity index (χ1v) is 8.22. The van der Waals surface area contributed by atoms with Gasteiger partial charge in [-0.15, -0.1) is 0 Å². The van der Waals surface area contributed by atoms with Gasteiger partial charge in [0, 0.05) is 21.8 Å². The van der Waals surface area contributed by atoms with Crippen LogP contribution < -0.4 is 10.1 Å². The first-order valence-electron chi connectivity index (χ1n) is 7.42. The average molecular weight is 387 g/mol. The van der Waals surface area contributed by atoms with Crippen LogP contribution in [0.2, 0.25) is 0 Å². The second-order valence-electron chi connectivity index (χ2n) is 4.99. The van der Waals surface area contributed by atoms with Crippen molar-refractivity contribution in [2.24, 2.45) is 0 Å². The van der Waals surface area contributed by atoms with Crippen molar-refractivity contribution in [1.29, 1.82) is 0 Å². The maximum absolute atomic E-state index is 12.2. The number of amides is 1. The van der Waals surface area contributed by atoms with Crippen molar-refractivity contribution in [3.05, 3.63) is 64.8 Å². The first-order chi connectivity index (χ1) is 11.7. The molecule has 3 aromatic rings. The molecular weight excluding hydrogens is 372 g/mol. The van der Waals surface area contributed by atoms with Gasteiger partial charge in [0.1, 0.15) is 5.75 Å². The summed E-state index contributed by atoms with van der Waals surface area (Å²) in [7, 11) is 0. The Kier molecular flexibility index (Phi) is 4.96. The highest BCUT2D eigenvalue weighted by Crippen LogP contribution is 2.23. The van der Waals surface area contributed by atoms with Crippen LogP contribution in [-0.2, 0) is 0 Å². The molecule has 0 unspecified atom stereocenters. The van der Waals surface area contributed by atoms with Gasteiger partial charge in [0.15, 0.2) is 11.5 Å². The van der Waals surface area contributed by atoms with Crippen LogP contribution in [0.3, 0.4) is 0 Å². The van der Waals surface area contributed by atoms with E-state index in [1.807, 2.05) is 43.3 Å². The Bertz CT molecular complexity index is 826. The number of nitrogens with zero attached hydrogens (tertiary/aromatic N) is 1. The number of carbonyl (C=O) groups is 1. The molecule has 6 heteroatoms. The van der Waals surface area contributed by atoms with Crippen molar-refractivity contribution in [2.75, 3.05) is 11.9 Å². The Labute approximate surface area is 147 Å². The Morgan fingerprint density at radius 1 is 1.17 bits per heavy atom. The van der Waals surface area contributed by atoms with E-state index < -0.39 is 0 Å². The molecule has 5 nitrogen and oxygen atoms in total. The van der Waals surface area contributed by atoms with Gasteiger partial charge in [0.2, 0.25) is 0 Å². The predicted octanol–water partition coefficient (Wildman–Crippen LogP) is 4.76. The van der Waals surface area contributed by atoms with E-state index in [0.717, 1.165) is 15.8 Å². The van der Waals surface area contributed by atoms with Crippen molar-refractivity contribution < 1.29 is 14.1 Å². The molecule has 0 bridgehead atoms. The van der Waals surface area contributed by atoms with Crippen LogP contribution in [0.15, 0.2) is 63.6 Å². The van der Waals surface area contributed by atoms with E-state index in [0.29, 0.717) is 18.1 Å². The normalized spacial score (nSPS) is 10.4. The number of benzene rings is 2. The van der Waals surface area contributed by atoms with Crippen LogP contribution in [0.25, 0.3) is 11.3 Å². The number of ether oxygens (including phenoxy) is 1. The Morgan fingerprint density at radius 2 is 1.88 bits per heavy atom. The first kappa shape index (κ1) is 16.3. The fourth-order valence-corrected chi connectivity index (χ4v) is 2.39. The zero-order chi connectivity index (χ0) is 16.9. The molecule has 1 amide bonds. The number of hydrogen-bond donors (Lipinski definition) is 1. The van der Waals surface area contributed by atoms with E-state index in [1.54, 1.807) is 18.2 Å². The molecule has 2 aromatic carbocycles. The van der Waals surface area contributed by atoms with Gasteiger partial charge < -0.3 is 14.6 Å². The van der Waals surface area contributed by atoms with Gasteiger partial charge >= 0.3 is 0 Å². The number of aromatic nitrogens is 1. The van der Waals surface area contributed by atoms with Gasteiger partial charge in [-0.2, -0.15) is 0 Å². The SMILES string of the molecule is CCOc1ccc(-c2cc(C(=O)Nc3ccc(Br)cc3)no2)cc1. The van der Waals surface area contributed by atoms with E-state index in [1.165, 1.54) is 0 Å². The highest BCUT2D eigenvalue weighted by Gasteiger charge is 2.14. The van der Waals surface area contributed by atoms with Gasteiger partial charge in [0.25, 0.3) is 5.91 Å². The maximum atomic E-state index is 12.2. The number of halogens is 1. The lowest BCUT2D eigenvalue weighted by Crippen LogP contribution is -2.11. The van der Waals surface area contributed by atoms with Crippen LogP contribution in [-0.4, -0.2) is 17.7 Å². The fraction of sp³-hybridized carbons (Fsp3) is 0.111. The number of hydrogen-bond acceptors (Lipinski definition) is 4. The molecular formula is C18H15BrN2O3. The van der Waals surface area contributed by atoms with E-state index >= 15 is 0 Å². The zero-order valence-electron chi connectivity index (χ0n) is 13.0. The number of rotatable bonds is 5. The van der Waals surface area contributed by atoms with Crippen LogP contribution in [0, 0.1) is 0 Å². The molecule has 0 spiro atoms. The molecule has 0 aliphatic heterocycles. The Hall–Kier alpha value is -2.60. The fourth-order valence-electron chi connectivity index (χ4n) is 2.13. The minimum atomic E-state index is -0.321. The molecule has 0 atom stereocenters. The van der Waals surface area contributed by atoms with Crippen molar-refractivity contribution >= 4 is 27.5 Å². The molecule has 0 aliphatic carbocycles. The summed E-state index contributed by atoms with van der Waals surface area (Å²) in [5, 5.41) is 6.61. The lowest BCUT2D eigenvalue weighted by molar-refractivity contribution is 0.101. The Morgan fingerprint density at radius 3 is 2.54 bits per heavy atom. The largest absolute Gasteiger partial charge is 0.494 e. The molecule has 1 aromatic heterocycles. The van der Waals surface area contributed by atoms with Crippen LogP contribution in [0.4, 0.5) is 5.69 Å². The Balaban J connectivity index is 1.72. The molecule has 1 N–H and O–H groups in total. The summed E-state index contributed by atoms with van der Waals surface area (Å²) in [6.07, 6.45) is 0. The van der Waals surface area contributed by atoms with Crippen molar-refractivity contribution in [3.8, 4) is 17.1 Å². The van der Waals surface area contributed by atoms with Crippen LogP contribution in [0.1, 0.15) is 17.4 Å². The summed E-state index contributed by atoms with van der Waals surface area (Å²) in [6, 6.07) is 16.3. The maximum Gasteiger partial charge on any atom is 0.277 e. The van der Waals surface area contributed by atoms with Crippen molar-refractivity contribution in [3.63, 3.8) is 0 Å². The van der Waals surface area contributed by atoms with E-state index in [-0.39, 0.29) is 11.6 Å². The standard InChI is InChI=1S/C18H15BrN2O3/c1-2-23-15-9-3-12(4-10-15)17-11-16(21-24-17)18(22)20-14-7-5-13(19)6-8-14/h3-11H,2H2,1H3,(H,20,22). The molecule has 0 saturated heterocycles. The average Bonchev–Trinajstić information content (AvgIpc) is 3.08. The third-order valence-electron chi connectivity index (χ3n) is 3.29. The highest BCUT2D eigenvalue weighted by molar-refractivity contribution is 9.10. The topological polar surface area (TPSA) is 64.4 Å². The lowest BCUT2D eigenvalue weighted by Gasteiger charge is -2.02. The second-order valence-corrected chi connectivity index (χ2v) is 5.91. The van der Waals surface area contributed by atoms with Crippen LogP contribution >= 0.6 is 15.9 Å². The third kappa shape index (κ3) is 3.83. The summed E-state index contributed by atoms with van der Waals surface area (Å²) in [5.41, 5.74) is 1.74. The quantitative estimate of drug-likeness (QED) is 0.686. The molecule has 3 rings (SSSR count). The van der Waals surface area contributed by atoms with Gasteiger partial charge in [0.05, 0.1) is 6.61 Å². The molecule has 122 valence electrons. The summed E-state index contributed by atoms with van der Waals surface area (Å²) in [4.78, 5) is 12.2. The zero-order valence-corrected chi connectivity index (χ0v) is 14.5. The van der Waals surface area contributed by atoms with Crippen molar-refractivity contribution in [2.45, 2.75) is 6.92 Å². The van der Waals surface area contributed by atoms with Crippen LogP contribution in [0.5, 0.6) is 5.75 Å². The van der Waals surface area contributed by atoms with Gasteiger partial charge in [-0.1, -0.05) is 21.1 Å². The minimum absolute atomic E-state index is 0.224. The predicted molar refractivity (Wildman–Crippen MR) is 95.2 cm³/mol. The van der Waals surface area contributed by atoms with Gasteiger partial charge in [-0.25, -0.2) is 0 Å². The smallest absolute Gasteiger partial charge is 0.277 e. The molecule has 0 radical (unpaired) electrons. The van der Waals surface area contributed by atoms with Gasteiger partial charge in [-0.05, 0) is 55.5 Å². The monoisotopic (exact) mass is 386 g/mol. The molecule has 24 heavy (non-hydrogen) atoms. The molecule has 1 heterocycles. The summed E-state index contributed by atoms with van der Waals surface area (Å²) in [5.74, 6) is 0.992. The molecule has 0 saturated carbocycles. The third-order valence-corrected chi connectivity index (χ3v) is 3.82. The van der Waals surface area contributed by atoms with Crippen molar-refractivity contribution in [1.82, 2.24) is 5.16 Å². The van der Waals surface area contributed by atoms with Gasteiger partial charge in [-0.3, -0.25) is 4.79 Å². The number of nitrogens with one attached hydrogen (secondary N) is 1. The molecule has 0 fully saturated rings. The summed E-state index contributed by atoms with van der Waals surface area (Å²) >= 11 is 3.35. The summed E-state index contributed by atoms with van der Waals surface area (Å²) < 4.78 is 11.6. The highest BCUT2D eigenvalue weighted by atomic mass is 79.9. The number of carbonyl (C=O) groups excluding carboxylic acids is 1. The van der Waals surface area contributed by atoms with E-state index in [9.17, 15) is 4.79 Å². The number of anilines is 1. The lowest BCUT2D eigenvalue weighted by atomic mass is 10.1.